The van der Waals surface area contributed by atoms with Crippen molar-refractivity contribution in [1.82, 2.24) is 4.98 Å². The van der Waals surface area contributed by atoms with Crippen LogP contribution in [0.1, 0.15) is 42.3 Å². The molecule has 1 fully saturated rings. The third-order valence-corrected chi connectivity index (χ3v) is 5.89. The number of hydrogen-bond acceptors (Lipinski definition) is 7. The van der Waals surface area contributed by atoms with Gasteiger partial charge in [0, 0.05) is 36.6 Å². The lowest BCUT2D eigenvalue weighted by molar-refractivity contribution is -0.113. The molecule has 0 unspecified atom stereocenters. The molecule has 1 saturated heterocycles. The average molecular weight is 399 g/mol. The summed E-state index contributed by atoms with van der Waals surface area (Å²) in [5.41, 5.74) is 2.10. The molecule has 146 valence electrons. The van der Waals surface area contributed by atoms with Crippen molar-refractivity contribution in [3.63, 3.8) is 0 Å². The van der Waals surface area contributed by atoms with E-state index in [9.17, 15) is 9.59 Å². The highest BCUT2D eigenvalue weighted by Gasteiger charge is 2.29. The number of carbonyl (C=O) groups is 2. The topological polar surface area (TPSA) is 93.8 Å². The minimum atomic E-state index is -0.235. The molecule has 0 atom stereocenters. The molecule has 0 spiro atoms. The van der Waals surface area contributed by atoms with Crippen molar-refractivity contribution in [3.8, 4) is 11.5 Å². The Morgan fingerprint density at radius 2 is 2.07 bits per heavy atom. The maximum absolute atomic E-state index is 13.1. The number of aromatic nitrogens is 1. The summed E-state index contributed by atoms with van der Waals surface area (Å²) in [5.74, 6) is 0.222. The Kier molecular flexibility index (Phi) is 5.50. The van der Waals surface area contributed by atoms with Crippen LogP contribution in [-0.2, 0) is 9.53 Å². The smallest absolute Gasteiger partial charge is 0.254 e. The van der Waals surface area contributed by atoms with Crippen LogP contribution in [0, 0.1) is 5.92 Å². The molecular formula is C20H21N3O4S. The standard InChI is InChI=1S/C20H21N3O4S/c1-12-4-5-14(11-21-12)19(25)23-20-22-16(15-3-2-8-27-15)18(28-20)17(24)13-6-9-26-10-7-13/h2-3,8,11,13H,4-7,9-10H2,1H3,(H,22,23,25). The minimum absolute atomic E-state index is 0.0322. The first-order chi connectivity index (χ1) is 13.6. The van der Waals surface area contributed by atoms with E-state index in [2.05, 4.69) is 15.3 Å². The van der Waals surface area contributed by atoms with Crippen LogP contribution in [-0.4, -0.2) is 35.6 Å². The highest BCUT2D eigenvalue weighted by atomic mass is 32.1. The molecule has 2 aliphatic rings. The zero-order chi connectivity index (χ0) is 19.5. The summed E-state index contributed by atoms with van der Waals surface area (Å²) in [4.78, 5) is 34.9. The Morgan fingerprint density at radius 3 is 2.75 bits per heavy atom. The number of Topliss-reactive ketones (excluding diaryl/α,β-unsaturated/α-hetero) is 1. The summed E-state index contributed by atoms with van der Waals surface area (Å²) in [5, 5.41) is 3.21. The summed E-state index contributed by atoms with van der Waals surface area (Å²) in [6.07, 6.45) is 5.94. The number of amides is 1. The first-order valence-corrected chi connectivity index (χ1v) is 10.1. The van der Waals surface area contributed by atoms with Crippen LogP contribution in [0.3, 0.4) is 0 Å². The van der Waals surface area contributed by atoms with E-state index in [1.165, 1.54) is 11.3 Å². The Bertz CT molecular complexity index is 937. The first kappa shape index (κ1) is 18.8. The maximum atomic E-state index is 13.1. The lowest BCUT2D eigenvalue weighted by atomic mass is 9.94. The Morgan fingerprint density at radius 1 is 1.25 bits per heavy atom. The predicted octanol–water partition coefficient (Wildman–Crippen LogP) is 4.09. The van der Waals surface area contributed by atoms with Gasteiger partial charge in [0.1, 0.15) is 10.6 Å². The summed E-state index contributed by atoms with van der Waals surface area (Å²) >= 11 is 1.20. The van der Waals surface area contributed by atoms with Crippen LogP contribution in [0.4, 0.5) is 5.13 Å². The zero-order valence-electron chi connectivity index (χ0n) is 15.6. The van der Waals surface area contributed by atoms with E-state index < -0.39 is 0 Å². The predicted molar refractivity (Wildman–Crippen MR) is 107 cm³/mol. The number of ether oxygens (including phenoxy) is 1. The number of hydrogen-bond donors (Lipinski definition) is 1. The van der Waals surface area contributed by atoms with Crippen LogP contribution in [0.25, 0.3) is 11.5 Å². The van der Waals surface area contributed by atoms with E-state index in [-0.39, 0.29) is 17.6 Å². The largest absolute Gasteiger partial charge is 0.463 e. The van der Waals surface area contributed by atoms with Crippen LogP contribution < -0.4 is 5.32 Å². The average Bonchev–Trinajstić information content (AvgIpc) is 3.38. The van der Waals surface area contributed by atoms with Gasteiger partial charge >= 0.3 is 0 Å². The van der Waals surface area contributed by atoms with Gasteiger partial charge in [-0.05, 0) is 44.7 Å². The molecule has 0 aromatic carbocycles. The van der Waals surface area contributed by atoms with Crippen LogP contribution >= 0.6 is 11.3 Å². The third kappa shape index (κ3) is 3.98. The lowest BCUT2D eigenvalue weighted by Gasteiger charge is -2.20. The quantitative estimate of drug-likeness (QED) is 0.764. The first-order valence-electron chi connectivity index (χ1n) is 9.32. The maximum Gasteiger partial charge on any atom is 0.254 e. The van der Waals surface area contributed by atoms with Crippen molar-refractivity contribution in [2.45, 2.75) is 32.6 Å². The van der Waals surface area contributed by atoms with Crippen molar-refractivity contribution in [3.05, 3.63) is 35.0 Å². The molecule has 0 aliphatic carbocycles. The van der Waals surface area contributed by atoms with Gasteiger partial charge in [0.25, 0.3) is 5.91 Å². The van der Waals surface area contributed by atoms with Crippen LogP contribution in [0.15, 0.2) is 39.6 Å². The Labute approximate surface area is 166 Å². The number of ketones is 1. The van der Waals surface area contributed by atoms with Gasteiger partial charge in [-0.15, -0.1) is 0 Å². The van der Waals surface area contributed by atoms with Crippen LogP contribution in [0.2, 0.25) is 0 Å². The van der Waals surface area contributed by atoms with Crippen molar-refractivity contribution in [2.24, 2.45) is 10.9 Å². The van der Waals surface area contributed by atoms with E-state index in [4.69, 9.17) is 9.15 Å². The van der Waals surface area contributed by atoms with Crippen molar-refractivity contribution in [2.75, 3.05) is 18.5 Å². The summed E-state index contributed by atoms with van der Waals surface area (Å²) < 4.78 is 10.8. The van der Waals surface area contributed by atoms with Crippen LogP contribution in [0.5, 0.6) is 0 Å². The number of carbonyl (C=O) groups excluding carboxylic acids is 2. The molecule has 7 nitrogen and oxygen atoms in total. The molecule has 8 heteroatoms. The van der Waals surface area contributed by atoms with Crippen molar-refractivity contribution in [1.29, 1.82) is 0 Å². The molecule has 28 heavy (non-hydrogen) atoms. The highest BCUT2D eigenvalue weighted by molar-refractivity contribution is 7.18. The van der Waals surface area contributed by atoms with Gasteiger partial charge in [-0.3, -0.25) is 19.9 Å². The number of rotatable bonds is 5. The van der Waals surface area contributed by atoms with E-state index in [1.54, 1.807) is 24.6 Å². The molecule has 2 aromatic rings. The van der Waals surface area contributed by atoms with E-state index in [0.29, 0.717) is 59.5 Å². The van der Waals surface area contributed by atoms with E-state index >= 15 is 0 Å². The second-order valence-corrected chi connectivity index (χ2v) is 7.90. The number of nitrogens with one attached hydrogen (secondary N) is 1. The number of anilines is 1. The summed E-state index contributed by atoms with van der Waals surface area (Å²) in [7, 11) is 0. The fourth-order valence-electron chi connectivity index (χ4n) is 3.25. The molecule has 2 aromatic heterocycles. The van der Waals surface area contributed by atoms with Gasteiger partial charge in [-0.2, -0.15) is 0 Å². The van der Waals surface area contributed by atoms with Gasteiger partial charge in [-0.25, -0.2) is 4.98 Å². The molecule has 0 radical (unpaired) electrons. The highest BCUT2D eigenvalue weighted by Crippen LogP contribution is 2.35. The molecule has 0 saturated carbocycles. The Hall–Kier alpha value is -2.58. The van der Waals surface area contributed by atoms with Crippen molar-refractivity contribution < 1.29 is 18.7 Å². The fourth-order valence-corrected chi connectivity index (χ4v) is 4.23. The second kappa shape index (κ2) is 8.20. The molecule has 1 N–H and O–H groups in total. The fraction of sp³-hybridized carbons (Fsp3) is 0.400. The lowest BCUT2D eigenvalue weighted by Crippen LogP contribution is -2.23. The molecule has 4 rings (SSSR count). The summed E-state index contributed by atoms with van der Waals surface area (Å²) in [6.45, 7) is 3.11. The van der Waals surface area contributed by atoms with Gasteiger partial charge in [0.2, 0.25) is 0 Å². The van der Waals surface area contributed by atoms with Gasteiger partial charge in [0.05, 0.1) is 6.26 Å². The monoisotopic (exact) mass is 399 g/mol. The third-order valence-electron chi connectivity index (χ3n) is 4.91. The van der Waals surface area contributed by atoms with Gasteiger partial charge in [-0.1, -0.05) is 11.3 Å². The van der Waals surface area contributed by atoms with Crippen molar-refractivity contribution >= 4 is 33.9 Å². The number of nitrogens with zero attached hydrogens (tertiary/aromatic N) is 2. The molecule has 1 amide bonds. The molecule has 2 aliphatic heterocycles. The van der Waals surface area contributed by atoms with E-state index in [0.717, 1.165) is 12.1 Å². The molecule has 0 bridgehead atoms. The van der Waals surface area contributed by atoms with Gasteiger partial charge in [0.15, 0.2) is 16.7 Å². The zero-order valence-corrected chi connectivity index (χ0v) is 16.4. The summed E-state index contributed by atoms with van der Waals surface area (Å²) in [6, 6.07) is 3.52. The Balaban J connectivity index is 1.60. The second-order valence-electron chi connectivity index (χ2n) is 6.90. The SMILES string of the molecule is CC1=NC=C(C(=O)Nc2nc(-c3ccco3)c(C(=O)C3CCOCC3)s2)CC1. The van der Waals surface area contributed by atoms with E-state index in [1.807, 2.05) is 6.92 Å². The number of furan rings is 1. The number of aliphatic imine (C=N–C) groups is 1. The number of thiazole rings is 1. The minimum Gasteiger partial charge on any atom is -0.463 e. The van der Waals surface area contributed by atoms with Gasteiger partial charge < -0.3 is 9.15 Å². The normalized spacial score (nSPS) is 17.8. The molecular weight excluding hydrogens is 378 g/mol. The molecule has 4 heterocycles.